The maximum absolute atomic E-state index is 12.2. The van der Waals surface area contributed by atoms with Gasteiger partial charge >= 0.3 is 5.97 Å². The van der Waals surface area contributed by atoms with Crippen molar-refractivity contribution in [3.05, 3.63) is 63.7 Å². The monoisotopic (exact) mass is 412 g/mol. The maximum atomic E-state index is 12.2. The van der Waals surface area contributed by atoms with Crippen LogP contribution in [0.5, 0.6) is 0 Å². The van der Waals surface area contributed by atoms with Crippen LogP contribution in [-0.2, 0) is 9.53 Å². The van der Waals surface area contributed by atoms with E-state index in [0.29, 0.717) is 16.9 Å². The molecule has 0 bridgehead atoms. The van der Waals surface area contributed by atoms with Crippen LogP contribution in [0.4, 0.5) is 17.1 Å². The molecule has 2 aromatic carbocycles. The van der Waals surface area contributed by atoms with Gasteiger partial charge < -0.3 is 20.7 Å². The Morgan fingerprint density at radius 1 is 1.13 bits per heavy atom. The van der Waals surface area contributed by atoms with Gasteiger partial charge in [0.05, 0.1) is 10.5 Å². The minimum atomic E-state index is -0.856. The van der Waals surface area contributed by atoms with E-state index in [1.54, 1.807) is 18.2 Å². The van der Waals surface area contributed by atoms with Gasteiger partial charge in [0.2, 0.25) is 0 Å². The van der Waals surface area contributed by atoms with Crippen molar-refractivity contribution in [3.8, 4) is 0 Å². The Hall–Kier alpha value is -3.95. The molecule has 10 heteroatoms. The molecule has 0 atom stereocenters. The van der Waals surface area contributed by atoms with Gasteiger partial charge in [-0.15, -0.1) is 0 Å². The molecule has 30 heavy (non-hydrogen) atoms. The van der Waals surface area contributed by atoms with E-state index in [-0.39, 0.29) is 23.2 Å². The topological polar surface area (TPSA) is 140 Å². The first-order valence-electron chi connectivity index (χ1n) is 9.21. The smallest absolute Gasteiger partial charge is 0.338 e. The normalized spacial score (nSPS) is 12.6. The van der Waals surface area contributed by atoms with Gasteiger partial charge in [-0.3, -0.25) is 19.7 Å². The summed E-state index contributed by atoms with van der Waals surface area (Å²) in [6.45, 7) is -0.584. The number of hydrogen-bond acceptors (Lipinski definition) is 7. The first-order chi connectivity index (χ1) is 14.4. The number of nitrogens with one attached hydrogen (secondary N) is 3. The van der Waals surface area contributed by atoms with E-state index in [4.69, 9.17) is 4.74 Å². The lowest BCUT2D eigenvalue weighted by molar-refractivity contribution is -0.384. The molecule has 10 nitrogen and oxygen atoms in total. The molecule has 2 aromatic rings. The van der Waals surface area contributed by atoms with Gasteiger partial charge in [0.25, 0.3) is 17.5 Å². The fourth-order valence-corrected chi connectivity index (χ4v) is 2.67. The highest BCUT2D eigenvalue weighted by Crippen LogP contribution is 2.31. The lowest BCUT2D eigenvalue weighted by Crippen LogP contribution is -2.22. The van der Waals surface area contributed by atoms with Crippen molar-refractivity contribution in [1.29, 1.82) is 0 Å². The number of anilines is 2. The average Bonchev–Trinajstić information content (AvgIpc) is 3.55. The molecule has 1 fully saturated rings. The van der Waals surface area contributed by atoms with Crippen molar-refractivity contribution in [2.24, 2.45) is 0 Å². The molecule has 0 aromatic heterocycles. The third-order valence-corrected chi connectivity index (χ3v) is 4.34. The number of hydrogen-bond donors (Lipinski definition) is 3. The van der Waals surface area contributed by atoms with Crippen LogP contribution in [0.3, 0.4) is 0 Å². The zero-order valence-corrected chi connectivity index (χ0v) is 16.1. The van der Waals surface area contributed by atoms with Crippen LogP contribution >= 0.6 is 0 Å². The highest BCUT2D eigenvalue weighted by atomic mass is 16.6. The largest absolute Gasteiger partial charge is 0.452 e. The van der Waals surface area contributed by atoms with Gasteiger partial charge in [-0.25, -0.2) is 4.79 Å². The Kier molecular flexibility index (Phi) is 6.26. The molecule has 1 saturated carbocycles. The first kappa shape index (κ1) is 20.8. The molecule has 2 amide bonds. The predicted molar refractivity (Wildman–Crippen MR) is 108 cm³/mol. The number of amides is 2. The number of carbonyl (C=O) groups excluding carboxylic acids is 3. The van der Waals surface area contributed by atoms with Crippen LogP contribution in [0, 0.1) is 10.1 Å². The Bertz CT molecular complexity index is 1000. The summed E-state index contributed by atoms with van der Waals surface area (Å²) in [4.78, 5) is 46.6. The van der Waals surface area contributed by atoms with Crippen LogP contribution in [0.2, 0.25) is 0 Å². The SMILES string of the molecule is CNC(=O)c1cccc(NC(=O)COC(=O)c2ccc(NC3CC3)c([N+](=O)[O-])c2)c1. The zero-order valence-electron chi connectivity index (χ0n) is 16.1. The number of rotatable bonds is 8. The van der Waals surface area contributed by atoms with Crippen LogP contribution in [0.1, 0.15) is 33.6 Å². The second kappa shape index (κ2) is 9.03. The lowest BCUT2D eigenvalue weighted by atomic mass is 10.1. The summed E-state index contributed by atoms with van der Waals surface area (Å²) < 4.78 is 4.96. The van der Waals surface area contributed by atoms with Crippen molar-refractivity contribution in [2.75, 3.05) is 24.3 Å². The molecule has 0 saturated heterocycles. The number of ether oxygens (including phenoxy) is 1. The van der Waals surface area contributed by atoms with Crippen molar-refractivity contribution in [3.63, 3.8) is 0 Å². The van der Waals surface area contributed by atoms with E-state index in [2.05, 4.69) is 16.0 Å². The van der Waals surface area contributed by atoms with Crippen LogP contribution in [0.15, 0.2) is 42.5 Å². The molecular formula is C20H20N4O6. The molecule has 0 heterocycles. The number of nitrogens with zero attached hydrogens (tertiary/aromatic N) is 1. The lowest BCUT2D eigenvalue weighted by Gasteiger charge is -2.09. The van der Waals surface area contributed by atoms with E-state index in [1.165, 1.54) is 25.2 Å². The second-order valence-corrected chi connectivity index (χ2v) is 6.69. The Morgan fingerprint density at radius 2 is 1.90 bits per heavy atom. The molecule has 156 valence electrons. The average molecular weight is 412 g/mol. The summed E-state index contributed by atoms with van der Waals surface area (Å²) in [5.41, 5.74) is 0.805. The number of nitro groups is 1. The van der Waals surface area contributed by atoms with Gasteiger partial charge in [-0.1, -0.05) is 6.07 Å². The van der Waals surface area contributed by atoms with Gasteiger partial charge in [-0.2, -0.15) is 0 Å². The molecule has 3 rings (SSSR count). The van der Waals surface area contributed by atoms with E-state index in [1.807, 2.05) is 0 Å². The Morgan fingerprint density at radius 3 is 2.57 bits per heavy atom. The quantitative estimate of drug-likeness (QED) is 0.343. The molecule has 1 aliphatic carbocycles. The van der Waals surface area contributed by atoms with Gasteiger partial charge in [0, 0.05) is 30.4 Å². The molecular weight excluding hydrogens is 392 g/mol. The number of nitro benzene ring substituents is 1. The van der Waals surface area contributed by atoms with Crippen LogP contribution in [-0.4, -0.2) is 42.4 Å². The molecule has 0 unspecified atom stereocenters. The summed E-state index contributed by atoms with van der Waals surface area (Å²) in [7, 11) is 1.49. The molecule has 0 aliphatic heterocycles. The Balaban J connectivity index is 1.59. The summed E-state index contributed by atoms with van der Waals surface area (Å²) in [5.74, 6) is -1.77. The zero-order chi connectivity index (χ0) is 21.7. The van der Waals surface area contributed by atoms with E-state index in [0.717, 1.165) is 18.9 Å². The van der Waals surface area contributed by atoms with Gasteiger partial charge in [0.15, 0.2) is 6.61 Å². The molecule has 3 N–H and O–H groups in total. The number of esters is 1. The summed E-state index contributed by atoms with van der Waals surface area (Å²) in [6, 6.07) is 10.5. The standard InChI is InChI=1S/C20H20N4O6/c1-21-19(26)12-3-2-4-15(9-12)23-18(25)11-30-20(27)13-5-8-16(22-14-6-7-14)17(10-13)24(28)29/h2-5,8-10,14,22H,6-7,11H2,1H3,(H,21,26)(H,23,25). The van der Waals surface area contributed by atoms with E-state index < -0.39 is 23.4 Å². The summed E-state index contributed by atoms with van der Waals surface area (Å²) in [6.07, 6.45) is 1.89. The number of carbonyl (C=O) groups is 3. The molecule has 0 radical (unpaired) electrons. The van der Waals surface area contributed by atoms with Gasteiger partial charge in [-0.05, 0) is 43.2 Å². The molecule has 0 spiro atoms. The second-order valence-electron chi connectivity index (χ2n) is 6.69. The van der Waals surface area contributed by atoms with E-state index in [9.17, 15) is 24.5 Å². The van der Waals surface area contributed by atoms with Crippen LogP contribution < -0.4 is 16.0 Å². The highest BCUT2D eigenvalue weighted by Gasteiger charge is 2.26. The third-order valence-electron chi connectivity index (χ3n) is 4.34. The fourth-order valence-electron chi connectivity index (χ4n) is 2.67. The molecule has 1 aliphatic rings. The minimum absolute atomic E-state index is 0.0301. The van der Waals surface area contributed by atoms with Crippen LogP contribution in [0.25, 0.3) is 0 Å². The maximum Gasteiger partial charge on any atom is 0.338 e. The first-order valence-corrected chi connectivity index (χ1v) is 9.21. The van der Waals surface area contributed by atoms with Gasteiger partial charge in [0.1, 0.15) is 5.69 Å². The summed E-state index contributed by atoms with van der Waals surface area (Å²) in [5, 5.41) is 19.3. The Labute approximate surface area is 171 Å². The predicted octanol–water partition coefficient (Wildman–Crippen LogP) is 2.32. The number of benzene rings is 2. The van der Waals surface area contributed by atoms with Crippen molar-refractivity contribution < 1.29 is 24.0 Å². The summed E-state index contributed by atoms with van der Waals surface area (Å²) >= 11 is 0. The third kappa shape index (κ3) is 5.31. The highest BCUT2D eigenvalue weighted by molar-refractivity contribution is 5.98. The van der Waals surface area contributed by atoms with Crippen molar-refractivity contribution >= 4 is 34.8 Å². The minimum Gasteiger partial charge on any atom is -0.452 e. The van der Waals surface area contributed by atoms with Crippen molar-refractivity contribution in [2.45, 2.75) is 18.9 Å². The fraction of sp³-hybridized carbons (Fsp3) is 0.250. The van der Waals surface area contributed by atoms with E-state index >= 15 is 0 Å². The van der Waals surface area contributed by atoms with Crippen molar-refractivity contribution in [1.82, 2.24) is 5.32 Å².